The Morgan fingerprint density at radius 1 is 1.19 bits per heavy atom. The number of nitrogens with one attached hydrogen (secondary N) is 1. The number of rotatable bonds is 7. The van der Waals surface area contributed by atoms with E-state index < -0.39 is 6.09 Å². The van der Waals surface area contributed by atoms with E-state index in [1.54, 1.807) is 19.3 Å². The normalized spacial score (nSPS) is 16.7. The van der Waals surface area contributed by atoms with Gasteiger partial charge in [0, 0.05) is 6.20 Å². The lowest BCUT2D eigenvalue weighted by Gasteiger charge is -2.20. The van der Waals surface area contributed by atoms with Gasteiger partial charge in [0.15, 0.2) is 0 Å². The number of carbonyl (C=O) groups is 1. The fourth-order valence-corrected chi connectivity index (χ4v) is 3.29. The molecule has 0 saturated carbocycles. The Kier molecular flexibility index (Phi) is 5.92. The van der Waals surface area contributed by atoms with E-state index in [-0.39, 0.29) is 12.1 Å². The van der Waals surface area contributed by atoms with Crippen LogP contribution >= 0.6 is 0 Å². The molecule has 9 nitrogen and oxygen atoms in total. The van der Waals surface area contributed by atoms with Crippen LogP contribution < -0.4 is 15.0 Å². The molecule has 3 aromatic rings. The lowest BCUT2D eigenvalue weighted by Crippen LogP contribution is -2.34. The van der Waals surface area contributed by atoms with Gasteiger partial charge in [-0.2, -0.15) is 15.0 Å². The van der Waals surface area contributed by atoms with Gasteiger partial charge in [0.25, 0.3) is 0 Å². The van der Waals surface area contributed by atoms with E-state index >= 15 is 0 Å². The van der Waals surface area contributed by atoms with Gasteiger partial charge in [-0.05, 0) is 50.1 Å². The van der Waals surface area contributed by atoms with Gasteiger partial charge in [-0.3, -0.25) is 4.98 Å². The maximum atomic E-state index is 12.1. The average molecular weight is 420 g/mol. The van der Waals surface area contributed by atoms with Crippen molar-refractivity contribution >= 4 is 18.0 Å². The molecular formula is C22H24N6O3. The summed E-state index contributed by atoms with van der Waals surface area (Å²) in [6.45, 7) is 6.12. The van der Waals surface area contributed by atoms with E-state index in [0.29, 0.717) is 30.1 Å². The zero-order chi connectivity index (χ0) is 21.8. The molecule has 1 unspecified atom stereocenters. The third kappa shape index (κ3) is 4.71. The number of amides is 1. The highest BCUT2D eigenvalue weighted by molar-refractivity contribution is 5.88. The number of anilines is 2. The molecule has 0 bridgehead atoms. The van der Waals surface area contributed by atoms with Crippen LogP contribution in [0.25, 0.3) is 0 Å². The molecule has 2 atom stereocenters. The van der Waals surface area contributed by atoms with Crippen LogP contribution in [0.3, 0.4) is 0 Å². The molecular weight excluding hydrogens is 396 g/mol. The molecule has 1 amide bonds. The summed E-state index contributed by atoms with van der Waals surface area (Å²) in [5.41, 5.74) is 1.03. The number of pyridine rings is 1. The van der Waals surface area contributed by atoms with Crippen molar-refractivity contribution in [2.45, 2.75) is 39.3 Å². The van der Waals surface area contributed by atoms with Gasteiger partial charge in [0.1, 0.15) is 23.9 Å². The topological polar surface area (TPSA) is 102 Å². The highest BCUT2D eigenvalue weighted by Gasteiger charge is 2.35. The molecule has 0 spiro atoms. The second-order valence-corrected chi connectivity index (χ2v) is 7.24. The molecule has 3 heterocycles. The fraction of sp³-hybridized carbons (Fsp3) is 0.318. The first kappa shape index (κ1) is 20.5. The fourth-order valence-electron chi connectivity index (χ4n) is 3.29. The van der Waals surface area contributed by atoms with Crippen LogP contribution in [0.1, 0.15) is 37.7 Å². The molecule has 1 aliphatic heterocycles. The zero-order valence-corrected chi connectivity index (χ0v) is 17.6. The summed E-state index contributed by atoms with van der Waals surface area (Å²) < 4.78 is 10.9. The number of hydrogen-bond acceptors (Lipinski definition) is 8. The number of nitrogens with zero attached hydrogens (tertiary/aromatic N) is 5. The molecule has 1 aromatic carbocycles. The number of benzene rings is 1. The van der Waals surface area contributed by atoms with Crippen molar-refractivity contribution in [3.63, 3.8) is 0 Å². The van der Waals surface area contributed by atoms with E-state index in [1.807, 2.05) is 50.2 Å². The Bertz CT molecular complexity index is 1040. The lowest BCUT2D eigenvalue weighted by atomic mass is 10.1. The first-order chi connectivity index (χ1) is 15.0. The Labute approximate surface area is 180 Å². The van der Waals surface area contributed by atoms with Crippen molar-refractivity contribution in [3.05, 3.63) is 60.2 Å². The van der Waals surface area contributed by atoms with E-state index in [1.165, 1.54) is 4.90 Å². The maximum Gasteiger partial charge on any atom is 0.417 e. The third-order valence-corrected chi connectivity index (χ3v) is 4.98. The molecule has 4 rings (SSSR count). The van der Waals surface area contributed by atoms with Crippen molar-refractivity contribution in [1.29, 1.82) is 0 Å². The molecule has 31 heavy (non-hydrogen) atoms. The Balaban J connectivity index is 1.47. The first-order valence-corrected chi connectivity index (χ1v) is 10.2. The predicted octanol–water partition coefficient (Wildman–Crippen LogP) is 4.28. The molecule has 9 heteroatoms. The molecule has 160 valence electrons. The van der Waals surface area contributed by atoms with Gasteiger partial charge in [-0.15, -0.1) is 0 Å². The van der Waals surface area contributed by atoms with E-state index in [2.05, 4.69) is 25.3 Å². The minimum absolute atomic E-state index is 0.0745. The standard InChI is InChI=1S/C22H24N6O3/c1-4-17-13-30-22(29)28(17)21-26-15(3)25-20(27-21)24-14(2)16-7-9-18(10-8-16)31-19-6-5-11-23-12-19/h5-12,14,17H,4,13H2,1-3H3,(H,24,25,26,27)/t14-,17?/m0/s1. The minimum atomic E-state index is -0.430. The number of cyclic esters (lactones) is 1. The van der Waals surface area contributed by atoms with Gasteiger partial charge < -0.3 is 14.8 Å². The Hall–Kier alpha value is -3.75. The molecule has 1 fully saturated rings. The van der Waals surface area contributed by atoms with Crippen molar-refractivity contribution in [3.8, 4) is 11.5 Å². The van der Waals surface area contributed by atoms with E-state index in [4.69, 9.17) is 9.47 Å². The summed E-state index contributed by atoms with van der Waals surface area (Å²) in [5, 5.41) is 3.29. The van der Waals surface area contributed by atoms with Crippen LogP contribution in [0.15, 0.2) is 48.8 Å². The molecule has 1 aliphatic rings. The number of carbonyl (C=O) groups excluding carboxylic acids is 1. The Morgan fingerprint density at radius 2 is 2.00 bits per heavy atom. The Morgan fingerprint density at radius 3 is 2.71 bits per heavy atom. The minimum Gasteiger partial charge on any atom is -0.456 e. The van der Waals surface area contributed by atoms with Crippen molar-refractivity contribution in [2.75, 3.05) is 16.8 Å². The summed E-state index contributed by atoms with van der Waals surface area (Å²) in [6.07, 6.45) is 3.69. The number of aryl methyl sites for hydroxylation is 1. The third-order valence-electron chi connectivity index (χ3n) is 4.98. The predicted molar refractivity (Wildman–Crippen MR) is 115 cm³/mol. The second kappa shape index (κ2) is 8.95. The van der Waals surface area contributed by atoms with Gasteiger partial charge >= 0.3 is 6.09 Å². The number of hydrogen-bond donors (Lipinski definition) is 1. The highest BCUT2D eigenvalue weighted by atomic mass is 16.6. The van der Waals surface area contributed by atoms with Crippen LogP contribution in [0, 0.1) is 6.92 Å². The van der Waals surface area contributed by atoms with Gasteiger partial charge in [0.2, 0.25) is 11.9 Å². The number of ether oxygens (including phenoxy) is 2. The van der Waals surface area contributed by atoms with E-state index in [0.717, 1.165) is 17.7 Å². The summed E-state index contributed by atoms with van der Waals surface area (Å²) in [4.78, 5) is 30.9. The molecule has 0 aliphatic carbocycles. The SMILES string of the molecule is CCC1COC(=O)N1c1nc(C)nc(N[C@@H](C)c2ccc(Oc3cccnc3)cc2)n1. The van der Waals surface area contributed by atoms with Crippen LogP contribution in [-0.2, 0) is 4.74 Å². The largest absolute Gasteiger partial charge is 0.456 e. The summed E-state index contributed by atoms with van der Waals surface area (Å²) >= 11 is 0. The summed E-state index contributed by atoms with van der Waals surface area (Å²) in [7, 11) is 0. The zero-order valence-electron chi connectivity index (χ0n) is 17.6. The molecule has 0 radical (unpaired) electrons. The van der Waals surface area contributed by atoms with Crippen molar-refractivity contribution in [2.24, 2.45) is 0 Å². The quantitative estimate of drug-likeness (QED) is 0.604. The van der Waals surface area contributed by atoms with Gasteiger partial charge in [-0.25, -0.2) is 9.69 Å². The highest BCUT2D eigenvalue weighted by Crippen LogP contribution is 2.26. The smallest absolute Gasteiger partial charge is 0.417 e. The van der Waals surface area contributed by atoms with E-state index in [9.17, 15) is 4.79 Å². The van der Waals surface area contributed by atoms with Crippen LogP contribution in [0.4, 0.5) is 16.7 Å². The first-order valence-electron chi connectivity index (χ1n) is 10.2. The van der Waals surface area contributed by atoms with Crippen molar-refractivity contribution < 1.29 is 14.3 Å². The maximum absolute atomic E-state index is 12.1. The molecule has 2 aromatic heterocycles. The number of aromatic nitrogens is 4. The van der Waals surface area contributed by atoms with Gasteiger partial charge in [-0.1, -0.05) is 19.1 Å². The van der Waals surface area contributed by atoms with Crippen LogP contribution in [0.5, 0.6) is 11.5 Å². The second-order valence-electron chi connectivity index (χ2n) is 7.24. The average Bonchev–Trinajstić information content (AvgIpc) is 3.15. The van der Waals surface area contributed by atoms with Gasteiger partial charge in [0.05, 0.1) is 18.3 Å². The monoisotopic (exact) mass is 420 g/mol. The van der Waals surface area contributed by atoms with Crippen molar-refractivity contribution in [1.82, 2.24) is 19.9 Å². The molecule has 1 saturated heterocycles. The summed E-state index contributed by atoms with van der Waals surface area (Å²) in [6, 6.07) is 11.3. The van der Waals surface area contributed by atoms with Crippen LogP contribution in [-0.4, -0.2) is 38.7 Å². The lowest BCUT2D eigenvalue weighted by molar-refractivity contribution is 0.178. The summed E-state index contributed by atoms with van der Waals surface area (Å²) in [5.74, 6) is 2.63. The van der Waals surface area contributed by atoms with Crippen LogP contribution in [0.2, 0.25) is 0 Å². The molecule has 1 N–H and O–H groups in total.